The van der Waals surface area contributed by atoms with Gasteiger partial charge in [-0.2, -0.15) is 0 Å². The van der Waals surface area contributed by atoms with Gasteiger partial charge in [-0.15, -0.1) is 0 Å². The summed E-state index contributed by atoms with van der Waals surface area (Å²) in [4.78, 5) is 0. The van der Waals surface area contributed by atoms with Gasteiger partial charge in [0.2, 0.25) is 0 Å². The van der Waals surface area contributed by atoms with Crippen molar-refractivity contribution in [3.8, 4) is 0 Å². The van der Waals surface area contributed by atoms with Crippen molar-refractivity contribution in [2.45, 2.75) is 46.6 Å². The van der Waals surface area contributed by atoms with E-state index in [1.165, 1.54) is 0 Å². The van der Waals surface area contributed by atoms with E-state index in [0.29, 0.717) is 5.41 Å². The fourth-order valence-corrected chi connectivity index (χ4v) is 1.33. The Morgan fingerprint density at radius 3 is 1.33 bits per heavy atom. The van der Waals surface area contributed by atoms with Gasteiger partial charge in [-0.3, -0.25) is 5.73 Å². The maximum atomic E-state index is 7.59. The van der Waals surface area contributed by atoms with E-state index in [1.807, 2.05) is 13.8 Å². The van der Waals surface area contributed by atoms with Crippen molar-refractivity contribution in [1.82, 2.24) is 5.73 Å². The predicted molar refractivity (Wildman–Crippen MR) is 41.2 cm³/mol. The van der Waals surface area contributed by atoms with E-state index in [9.17, 15) is 0 Å². The molecule has 0 heterocycles. The Labute approximate surface area is 58.6 Å². The van der Waals surface area contributed by atoms with Crippen LogP contribution in [0.1, 0.15) is 41.0 Å². The highest BCUT2D eigenvalue weighted by molar-refractivity contribution is 4.78. The van der Waals surface area contributed by atoms with Crippen LogP contribution in [0.4, 0.5) is 0 Å². The fraction of sp³-hybridized carbons (Fsp3) is 1.00. The quantitative estimate of drug-likeness (QED) is 0.518. The van der Waals surface area contributed by atoms with Crippen LogP contribution in [0.3, 0.4) is 0 Å². The second kappa shape index (κ2) is 2.30. The zero-order valence-corrected chi connectivity index (χ0v) is 7.21. The molecule has 1 N–H and O–H groups in total. The van der Waals surface area contributed by atoms with Crippen LogP contribution in [0.15, 0.2) is 0 Å². The summed E-state index contributed by atoms with van der Waals surface area (Å²) >= 11 is 0. The molecule has 0 amide bonds. The zero-order chi connectivity index (χ0) is 7.71. The van der Waals surface area contributed by atoms with Gasteiger partial charge in [0.15, 0.2) is 0 Å². The number of hydrogen-bond acceptors (Lipinski definition) is 0. The second-order valence-electron chi connectivity index (χ2n) is 4.62. The number of rotatable bonds is 1. The Bertz CT molecular complexity index is 69.7. The van der Waals surface area contributed by atoms with Crippen LogP contribution in [-0.2, 0) is 0 Å². The van der Waals surface area contributed by atoms with Crippen LogP contribution in [0.5, 0.6) is 0 Å². The molecule has 0 aromatic rings. The van der Waals surface area contributed by atoms with Gasteiger partial charge in [0, 0.05) is 5.54 Å². The molecule has 0 unspecified atom stereocenters. The minimum absolute atomic E-state index is 0.266. The zero-order valence-electron chi connectivity index (χ0n) is 7.21. The lowest BCUT2D eigenvalue weighted by atomic mass is 9.82. The Morgan fingerprint density at radius 1 is 1.00 bits per heavy atom. The van der Waals surface area contributed by atoms with Gasteiger partial charge in [-0.05, 0) is 25.7 Å². The molecule has 55 valence electrons. The van der Waals surface area contributed by atoms with Gasteiger partial charge >= 0.3 is 0 Å². The van der Waals surface area contributed by atoms with Crippen molar-refractivity contribution in [3.63, 3.8) is 0 Å². The van der Waals surface area contributed by atoms with Crippen LogP contribution < -0.4 is 5.73 Å². The van der Waals surface area contributed by atoms with Crippen molar-refractivity contribution in [3.05, 3.63) is 0 Å². The Hall–Kier alpha value is -0.0400. The van der Waals surface area contributed by atoms with Crippen molar-refractivity contribution in [2.24, 2.45) is 5.41 Å². The molecule has 0 bridgehead atoms. The molecule has 0 aromatic carbocycles. The molecule has 0 aromatic heterocycles. The average molecular weight is 128 g/mol. The van der Waals surface area contributed by atoms with E-state index in [1.54, 1.807) is 0 Å². The van der Waals surface area contributed by atoms with Crippen LogP contribution in [-0.4, -0.2) is 5.54 Å². The maximum Gasteiger partial charge on any atom is 0.0272 e. The van der Waals surface area contributed by atoms with Crippen LogP contribution >= 0.6 is 0 Å². The van der Waals surface area contributed by atoms with Crippen LogP contribution in [0.25, 0.3) is 0 Å². The van der Waals surface area contributed by atoms with Gasteiger partial charge in [-0.25, -0.2) is 0 Å². The first kappa shape index (κ1) is 8.96. The Balaban J connectivity index is 3.75. The summed E-state index contributed by atoms with van der Waals surface area (Å²) in [5.41, 5.74) is 7.62. The average Bonchev–Trinajstić information content (AvgIpc) is 1.14. The standard InChI is InChI=1S/C8H18N/c1-7(2,3)6-8(4,5)9/h9H,6H2,1-5H3. The molecule has 1 radical (unpaired) electrons. The molecule has 0 aliphatic heterocycles. The van der Waals surface area contributed by atoms with Crippen LogP contribution in [0.2, 0.25) is 0 Å². The number of nitrogens with one attached hydrogen (secondary N) is 1. The summed E-state index contributed by atoms with van der Waals surface area (Å²) in [7, 11) is 0. The summed E-state index contributed by atoms with van der Waals surface area (Å²) in [5, 5.41) is 0. The van der Waals surface area contributed by atoms with Crippen molar-refractivity contribution in [2.75, 3.05) is 0 Å². The summed E-state index contributed by atoms with van der Waals surface area (Å²) in [5.74, 6) is 0. The first-order valence-corrected chi connectivity index (χ1v) is 3.46. The lowest BCUT2D eigenvalue weighted by Gasteiger charge is -2.27. The van der Waals surface area contributed by atoms with Gasteiger partial charge in [-0.1, -0.05) is 20.8 Å². The monoisotopic (exact) mass is 128 g/mol. The van der Waals surface area contributed by atoms with Crippen molar-refractivity contribution in [1.29, 1.82) is 0 Å². The van der Waals surface area contributed by atoms with E-state index >= 15 is 0 Å². The highest BCUT2D eigenvalue weighted by Gasteiger charge is 2.21. The molecule has 0 aliphatic carbocycles. The highest BCUT2D eigenvalue weighted by atomic mass is 14.7. The van der Waals surface area contributed by atoms with Gasteiger partial charge in [0.1, 0.15) is 0 Å². The summed E-state index contributed by atoms with van der Waals surface area (Å²) in [6.07, 6.45) is 0.958. The summed E-state index contributed by atoms with van der Waals surface area (Å²) in [6, 6.07) is 0. The molecular formula is C8H18N. The Kier molecular flexibility index (Phi) is 2.29. The SMILES string of the molecule is CC(C)(C)CC(C)(C)[NH]. The van der Waals surface area contributed by atoms with E-state index in [4.69, 9.17) is 5.73 Å². The fourth-order valence-electron chi connectivity index (χ4n) is 1.33. The highest BCUT2D eigenvalue weighted by Crippen LogP contribution is 2.25. The normalized spacial score (nSPS) is 14.0. The molecule has 0 saturated heterocycles. The summed E-state index contributed by atoms with van der Waals surface area (Å²) in [6.45, 7) is 10.4. The second-order valence-corrected chi connectivity index (χ2v) is 4.62. The molecular weight excluding hydrogens is 110 g/mol. The molecule has 1 nitrogen and oxygen atoms in total. The topological polar surface area (TPSA) is 23.8 Å². The number of hydrogen-bond donors (Lipinski definition) is 0. The van der Waals surface area contributed by atoms with Gasteiger partial charge < -0.3 is 0 Å². The Morgan fingerprint density at radius 2 is 1.33 bits per heavy atom. The lowest BCUT2D eigenvalue weighted by Crippen LogP contribution is -2.27. The third-order valence-electron chi connectivity index (χ3n) is 0.972. The van der Waals surface area contributed by atoms with Crippen molar-refractivity contribution < 1.29 is 0 Å². The van der Waals surface area contributed by atoms with Gasteiger partial charge in [0.25, 0.3) is 0 Å². The van der Waals surface area contributed by atoms with Gasteiger partial charge in [0.05, 0.1) is 0 Å². The molecule has 9 heavy (non-hydrogen) atoms. The molecule has 0 spiro atoms. The molecule has 1 heteroatoms. The first-order chi connectivity index (χ1) is 3.71. The van der Waals surface area contributed by atoms with Crippen LogP contribution in [0, 0.1) is 5.41 Å². The largest absolute Gasteiger partial charge is 0.252 e. The molecule has 0 atom stereocenters. The third kappa shape index (κ3) is 7.96. The minimum atomic E-state index is -0.266. The maximum absolute atomic E-state index is 7.59. The molecule has 0 aliphatic rings. The molecule has 0 fully saturated rings. The summed E-state index contributed by atoms with van der Waals surface area (Å²) < 4.78 is 0. The first-order valence-electron chi connectivity index (χ1n) is 3.46. The predicted octanol–water partition coefficient (Wildman–Crippen LogP) is 2.48. The smallest absolute Gasteiger partial charge is 0.0272 e. The van der Waals surface area contributed by atoms with Crippen molar-refractivity contribution >= 4 is 0 Å². The minimum Gasteiger partial charge on any atom is -0.252 e. The molecule has 0 saturated carbocycles. The van der Waals surface area contributed by atoms with E-state index in [0.717, 1.165) is 6.42 Å². The van der Waals surface area contributed by atoms with E-state index < -0.39 is 0 Å². The molecule has 0 rings (SSSR count). The lowest BCUT2D eigenvalue weighted by molar-refractivity contribution is 0.280. The van der Waals surface area contributed by atoms with E-state index in [2.05, 4.69) is 20.8 Å². The third-order valence-corrected chi connectivity index (χ3v) is 0.972. The van der Waals surface area contributed by atoms with E-state index in [-0.39, 0.29) is 5.54 Å².